The van der Waals surface area contributed by atoms with Gasteiger partial charge in [-0.25, -0.2) is 0 Å². The maximum Gasteiger partial charge on any atom is -0.0321 e. The Hall–Kier alpha value is 0. The SMILES string of the molecule is CC(C)C1CC(C(C)C)C(C2CCCCC2C)C(C(C)C)C1. The van der Waals surface area contributed by atoms with Gasteiger partial charge in [0.15, 0.2) is 0 Å². The van der Waals surface area contributed by atoms with Crippen LogP contribution in [0.25, 0.3) is 0 Å². The minimum atomic E-state index is 0.863. The average Bonchev–Trinajstić information content (AvgIpc) is 2.46. The monoisotopic (exact) mass is 306 g/mol. The molecule has 2 fully saturated rings. The molecule has 4 atom stereocenters. The van der Waals surface area contributed by atoms with Gasteiger partial charge in [0.05, 0.1) is 0 Å². The highest BCUT2D eigenvalue weighted by Gasteiger charge is 2.45. The van der Waals surface area contributed by atoms with E-state index in [1.807, 2.05) is 0 Å². The van der Waals surface area contributed by atoms with E-state index in [0.29, 0.717) is 0 Å². The Morgan fingerprint density at radius 1 is 0.682 bits per heavy atom. The van der Waals surface area contributed by atoms with Gasteiger partial charge in [-0.05, 0) is 72.5 Å². The van der Waals surface area contributed by atoms with Crippen molar-refractivity contribution in [1.82, 2.24) is 0 Å². The summed E-state index contributed by atoms with van der Waals surface area (Å²) in [4.78, 5) is 0. The van der Waals surface area contributed by atoms with Gasteiger partial charge in [0.1, 0.15) is 0 Å². The van der Waals surface area contributed by atoms with Gasteiger partial charge in [-0.1, -0.05) is 67.7 Å². The second kappa shape index (κ2) is 7.71. The maximum absolute atomic E-state index is 2.56. The van der Waals surface area contributed by atoms with Crippen LogP contribution in [0, 0.1) is 53.3 Å². The molecule has 2 aliphatic rings. The van der Waals surface area contributed by atoms with E-state index in [9.17, 15) is 0 Å². The van der Waals surface area contributed by atoms with Crippen LogP contribution in [-0.4, -0.2) is 0 Å². The van der Waals surface area contributed by atoms with Gasteiger partial charge in [0, 0.05) is 0 Å². The molecular weight excluding hydrogens is 264 g/mol. The van der Waals surface area contributed by atoms with Crippen molar-refractivity contribution >= 4 is 0 Å². The zero-order chi connectivity index (χ0) is 16.4. The summed E-state index contributed by atoms with van der Waals surface area (Å²) in [5.41, 5.74) is 0. The topological polar surface area (TPSA) is 0 Å². The normalized spacial score (nSPS) is 40.6. The molecule has 0 radical (unpaired) electrons. The standard InChI is InChI=1S/C22H42/c1-14(2)18-12-20(15(3)4)22(21(13-18)16(5)6)19-11-9-8-10-17(19)7/h14-22H,8-13H2,1-7H3. The molecule has 2 saturated carbocycles. The van der Waals surface area contributed by atoms with Gasteiger partial charge in [0.2, 0.25) is 0 Å². The minimum Gasteiger partial charge on any atom is -0.0625 e. The highest BCUT2D eigenvalue weighted by molar-refractivity contribution is 4.94. The van der Waals surface area contributed by atoms with Crippen LogP contribution in [0.15, 0.2) is 0 Å². The summed E-state index contributed by atoms with van der Waals surface area (Å²) in [6, 6.07) is 0. The largest absolute Gasteiger partial charge is 0.0625 e. The Bertz CT molecular complexity index is 309. The summed E-state index contributed by atoms with van der Waals surface area (Å²) in [5, 5.41) is 0. The molecule has 0 heterocycles. The fraction of sp³-hybridized carbons (Fsp3) is 1.00. The molecule has 0 amide bonds. The summed E-state index contributed by atoms with van der Waals surface area (Å²) in [5.74, 6) is 8.49. The van der Waals surface area contributed by atoms with Gasteiger partial charge in [-0.3, -0.25) is 0 Å². The van der Waals surface area contributed by atoms with Crippen molar-refractivity contribution in [2.24, 2.45) is 53.3 Å². The van der Waals surface area contributed by atoms with Crippen LogP contribution in [-0.2, 0) is 0 Å². The predicted octanol–water partition coefficient (Wildman–Crippen LogP) is 7.04. The van der Waals surface area contributed by atoms with Crippen LogP contribution >= 0.6 is 0 Å². The second-order valence-corrected chi connectivity index (χ2v) is 9.79. The Morgan fingerprint density at radius 3 is 1.59 bits per heavy atom. The van der Waals surface area contributed by atoms with Crippen LogP contribution in [0.4, 0.5) is 0 Å². The zero-order valence-corrected chi connectivity index (χ0v) is 16.4. The molecule has 2 rings (SSSR count). The molecule has 22 heavy (non-hydrogen) atoms. The quantitative estimate of drug-likeness (QED) is 0.522. The van der Waals surface area contributed by atoms with Gasteiger partial charge in [-0.15, -0.1) is 0 Å². The van der Waals surface area contributed by atoms with Crippen molar-refractivity contribution < 1.29 is 0 Å². The van der Waals surface area contributed by atoms with Crippen molar-refractivity contribution in [3.63, 3.8) is 0 Å². The molecule has 2 aliphatic carbocycles. The Kier molecular flexibility index (Phi) is 6.43. The lowest BCUT2D eigenvalue weighted by Crippen LogP contribution is -2.45. The second-order valence-electron chi connectivity index (χ2n) is 9.79. The van der Waals surface area contributed by atoms with Gasteiger partial charge in [-0.2, -0.15) is 0 Å². The maximum atomic E-state index is 2.56. The van der Waals surface area contributed by atoms with E-state index in [1.165, 1.54) is 38.5 Å². The van der Waals surface area contributed by atoms with Crippen molar-refractivity contribution in [3.05, 3.63) is 0 Å². The van der Waals surface area contributed by atoms with Gasteiger partial charge >= 0.3 is 0 Å². The molecule has 0 saturated heterocycles. The van der Waals surface area contributed by atoms with Crippen molar-refractivity contribution in [1.29, 1.82) is 0 Å². The molecule has 0 bridgehead atoms. The van der Waals surface area contributed by atoms with Gasteiger partial charge < -0.3 is 0 Å². The van der Waals surface area contributed by atoms with E-state index in [4.69, 9.17) is 0 Å². The molecule has 130 valence electrons. The molecule has 0 aromatic heterocycles. The minimum absolute atomic E-state index is 0.863. The first-order chi connectivity index (χ1) is 10.3. The first kappa shape index (κ1) is 18.3. The highest BCUT2D eigenvalue weighted by Crippen LogP contribution is 2.53. The van der Waals surface area contributed by atoms with Crippen molar-refractivity contribution in [3.8, 4) is 0 Å². The summed E-state index contributed by atoms with van der Waals surface area (Å²) in [6.07, 6.45) is 9.00. The van der Waals surface area contributed by atoms with E-state index in [-0.39, 0.29) is 0 Å². The van der Waals surface area contributed by atoms with E-state index < -0.39 is 0 Å². The van der Waals surface area contributed by atoms with Crippen molar-refractivity contribution in [2.75, 3.05) is 0 Å². The number of hydrogen-bond acceptors (Lipinski definition) is 0. The third-order valence-corrected chi connectivity index (χ3v) is 7.47. The highest BCUT2D eigenvalue weighted by atomic mass is 14.5. The van der Waals surface area contributed by atoms with Crippen LogP contribution in [0.5, 0.6) is 0 Å². The zero-order valence-electron chi connectivity index (χ0n) is 16.4. The fourth-order valence-corrected chi connectivity index (χ4v) is 5.96. The summed E-state index contributed by atoms with van der Waals surface area (Å²) in [6.45, 7) is 17.5. The summed E-state index contributed by atoms with van der Waals surface area (Å²) >= 11 is 0. The first-order valence-corrected chi connectivity index (χ1v) is 10.3. The van der Waals surface area contributed by atoms with E-state index in [0.717, 1.165) is 53.3 Å². The van der Waals surface area contributed by atoms with Crippen LogP contribution < -0.4 is 0 Å². The molecule has 0 N–H and O–H groups in total. The van der Waals surface area contributed by atoms with Crippen molar-refractivity contribution in [2.45, 2.75) is 87.0 Å². The molecule has 0 aliphatic heterocycles. The average molecular weight is 307 g/mol. The van der Waals surface area contributed by atoms with E-state index >= 15 is 0 Å². The van der Waals surface area contributed by atoms with E-state index in [1.54, 1.807) is 0 Å². The summed E-state index contributed by atoms with van der Waals surface area (Å²) < 4.78 is 0. The number of hydrogen-bond donors (Lipinski definition) is 0. The molecule has 0 nitrogen and oxygen atoms in total. The summed E-state index contributed by atoms with van der Waals surface area (Å²) in [7, 11) is 0. The lowest BCUT2D eigenvalue weighted by Gasteiger charge is -2.52. The third-order valence-electron chi connectivity index (χ3n) is 7.47. The molecular formula is C22H42. The lowest BCUT2D eigenvalue weighted by atomic mass is 9.53. The molecule has 0 aromatic rings. The number of rotatable bonds is 4. The van der Waals surface area contributed by atoms with Crippen LogP contribution in [0.3, 0.4) is 0 Å². The lowest BCUT2D eigenvalue weighted by molar-refractivity contribution is -0.0300. The molecule has 0 spiro atoms. The molecule has 4 unspecified atom stereocenters. The predicted molar refractivity (Wildman–Crippen MR) is 98.8 cm³/mol. The Balaban J connectivity index is 2.28. The van der Waals surface area contributed by atoms with E-state index in [2.05, 4.69) is 48.5 Å². The van der Waals surface area contributed by atoms with Crippen LogP contribution in [0.2, 0.25) is 0 Å². The smallest absolute Gasteiger partial charge is 0.0321 e. The Labute approximate surface area is 140 Å². The Morgan fingerprint density at radius 2 is 1.18 bits per heavy atom. The first-order valence-electron chi connectivity index (χ1n) is 10.3. The van der Waals surface area contributed by atoms with Gasteiger partial charge in [0.25, 0.3) is 0 Å². The fourth-order valence-electron chi connectivity index (χ4n) is 5.96. The third kappa shape index (κ3) is 3.90. The van der Waals surface area contributed by atoms with Crippen LogP contribution in [0.1, 0.15) is 87.0 Å². The molecule has 0 heteroatoms. The molecule has 0 aromatic carbocycles.